The second-order valence-corrected chi connectivity index (χ2v) is 10.00. The van der Waals surface area contributed by atoms with E-state index >= 15 is 0 Å². The van der Waals surface area contributed by atoms with Gasteiger partial charge in [-0.1, -0.05) is 18.2 Å². The molecular formula is C29H38N4O8. The van der Waals surface area contributed by atoms with Gasteiger partial charge < -0.3 is 35.4 Å². The van der Waals surface area contributed by atoms with Gasteiger partial charge in [0.05, 0.1) is 19.4 Å². The molecule has 0 aliphatic heterocycles. The number of alkyl carbamates (subject to hydrolysis) is 1. The maximum atomic E-state index is 13.1. The summed E-state index contributed by atoms with van der Waals surface area (Å²) in [5, 5.41) is 38.5. The third kappa shape index (κ3) is 10.8. The van der Waals surface area contributed by atoms with Crippen LogP contribution in [-0.4, -0.2) is 70.3 Å². The molecule has 0 heterocycles. The quantitative estimate of drug-likeness (QED) is 0.121. The Labute approximate surface area is 239 Å². The average molecular weight is 571 g/mol. The Morgan fingerprint density at radius 2 is 1.73 bits per heavy atom. The van der Waals surface area contributed by atoms with Crippen LogP contribution < -0.4 is 20.8 Å². The molecule has 2 rings (SSSR count). The fourth-order valence-electron chi connectivity index (χ4n) is 3.58. The van der Waals surface area contributed by atoms with E-state index in [9.17, 15) is 29.7 Å². The zero-order chi connectivity index (χ0) is 30.6. The van der Waals surface area contributed by atoms with Gasteiger partial charge in [-0.15, -0.1) is 6.58 Å². The molecule has 12 heteroatoms. The summed E-state index contributed by atoms with van der Waals surface area (Å²) in [6.07, 6.45) is 2.46. The van der Waals surface area contributed by atoms with E-state index < -0.39 is 42.2 Å². The average Bonchev–Trinajstić information content (AvgIpc) is 2.89. The number of amides is 3. The summed E-state index contributed by atoms with van der Waals surface area (Å²) in [7, 11) is 0. The Morgan fingerprint density at radius 3 is 2.32 bits per heavy atom. The van der Waals surface area contributed by atoms with Crippen LogP contribution in [0.5, 0.6) is 17.2 Å². The number of ether oxygens (including phenoxy) is 2. The highest BCUT2D eigenvalue weighted by Gasteiger charge is 2.28. The van der Waals surface area contributed by atoms with E-state index in [-0.39, 0.29) is 23.7 Å². The van der Waals surface area contributed by atoms with Gasteiger partial charge in [0.1, 0.15) is 23.4 Å². The highest BCUT2D eigenvalue weighted by atomic mass is 16.6. The maximum Gasteiger partial charge on any atom is 0.408 e. The minimum Gasteiger partial charge on any atom is -0.508 e. The van der Waals surface area contributed by atoms with Crippen LogP contribution in [0.25, 0.3) is 0 Å². The molecule has 6 N–H and O–H groups in total. The summed E-state index contributed by atoms with van der Waals surface area (Å²) in [6, 6.07) is 6.71. The third-order valence-electron chi connectivity index (χ3n) is 5.43. The standard InChI is InChI=1S/C29H38N4O8/c1-6-8-20-13-19(15-24(25(20)36)40-7-2)16-30-33-27(38)22(14-18-9-11-21(35)12-10-18)31-26(37)23(17-34)32-28(39)41-29(3,4)5/h6,9-13,15-16,22-23,34-36H,1,7-8,14,17H2,2-5H3,(H,31,37)(H,32,39)(H,33,38)/b30-16-/t22-,23-/m0/s1. The van der Waals surface area contributed by atoms with Crippen LogP contribution in [0, 0.1) is 0 Å². The molecule has 0 saturated heterocycles. The van der Waals surface area contributed by atoms with Gasteiger partial charge in [-0.25, -0.2) is 10.2 Å². The molecule has 0 fully saturated rings. The van der Waals surface area contributed by atoms with Crippen molar-refractivity contribution in [1.29, 1.82) is 0 Å². The molecule has 0 saturated carbocycles. The van der Waals surface area contributed by atoms with Crippen molar-refractivity contribution in [2.24, 2.45) is 5.10 Å². The number of allylic oxidation sites excluding steroid dienone is 1. The predicted octanol–water partition coefficient (Wildman–Crippen LogP) is 2.29. The van der Waals surface area contributed by atoms with Crippen molar-refractivity contribution in [3.8, 4) is 17.2 Å². The lowest BCUT2D eigenvalue weighted by molar-refractivity contribution is -0.130. The van der Waals surface area contributed by atoms with Crippen molar-refractivity contribution in [2.45, 2.75) is 58.2 Å². The molecule has 0 aliphatic carbocycles. The van der Waals surface area contributed by atoms with Crippen LogP contribution in [0.3, 0.4) is 0 Å². The van der Waals surface area contributed by atoms with Gasteiger partial charge in [0.25, 0.3) is 5.91 Å². The fraction of sp³-hybridized carbons (Fsp3) is 0.379. The number of carbonyl (C=O) groups is 3. The molecule has 0 radical (unpaired) electrons. The highest BCUT2D eigenvalue weighted by Crippen LogP contribution is 2.32. The predicted molar refractivity (Wildman–Crippen MR) is 153 cm³/mol. The number of carbonyl (C=O) groups excluding carboxylic acids is 3. The number of hydrogen-bond acceptors (Lipinski definition) is 9. The van der Waals surface area contributed by atoms with Crippen molar-refractivity contribution >= 4 is 24.1 Å². The summed E-state index contributed by atoms with van der Waals surface area (Å²) in [4.78, 5) is 38.2. The summed E-state index contributed by atoms with van der Waals surface area (Å²) in [6.45, 7) is 9.99. The minimum absolute atomic E-state index is 0.00907. The van der Waals surface area contributed by atoms with E-state index in [1.807, 2.05) is 0 Å². The topological polar surface area (TPSA) is 179 Å². The van der Waals surface area contributed by atoms with Crippen molar-refractivity contribution in [2.75, 3.05) is 13.2 Å². The van der Waals surface area contributed by atoms with Crippen molar-refractivity contribution in [1.82, 2.24) is 16.1 Å². The molecule has 2 atom stereocenters. The highest BCUT2D eigenvalue weighted by molar-refractivity contribution is 5.92. The van der Waals surface area contributed by atoms with Gasteiger partial charge in [0, 0.05) is 12.0 Å². The molecule has 0 aliphatic rings. The molecular weight excluding hydrogens is 532 g/mol. The van der Waals surface area contributed by atoms with E-state index in [1.165, 1.54) is 18.3 Å². The molecule has 2 aromatic carbocycles. The van der Waals surface area contributed by atoms with Crippen LogP contribution in [0.15, 0.2) is 54.2 Å². The molecule has 12 nitrogen and oxygen atoms in total. The molecule has 0 unspecified atom stereocenters. The first-order valence-corrected chi connectivity index (χ1v) is 13.0. The number of hydrazone groups is 1. The van der Waals surface area contributed by atoms with Crippen LogP contribution in [0.2, 0.25) is 0 Å². The lowest BCUT2D eigenvalue weighted by Gasteiger charge is -2.24. The lowest BCUT2D eigenvalue weighted by atomic mass is 10.0. The van der Waals surface area contributed by atoms with E-state index in [2.05, 4.69) is 27.7 Å². The molecule has 3 amide bonds. The van der Waals surface area contributed by atoms with Gasteiger partial charge in [-0.05, 0) is 69.5 Å². The second kappa shape index (κ2) is 15.3. The first-order chi connectivity index (χ1) is 19.4. The Bertz CT molecular complexity index is 1240. The number of phenols is 2. The molecule has 0 aromatic heterocycles. The van der Waals surface area contributed by atoms with Crippen molar-refractivity contribution < 1.29 is 39.2 Å². The number of hydrogen-bond donors (Lipinski definition) is 6. The zero-order valence-electron chi connectivity index (χ0n) is 23.6. The molecule has 2 aromatic rings. The molecule has 0 spiro atoms. The first kappa shape index (κ1) is 32.6. The Balaban J connectivity index is 2.23. The second-order valence-electron chi connectivity index (χ2n) is 10.00. The van der Waals surface area contributed by atoms with Gasteiger partial charge in [0.2, 0.25) is 5.91 Å². The Hall–Kier alpha value is -4.58. The number of phenolic OH excluding ortho intramolecular Hbond substituents is 2. The van der Waals surface area contributed by atoms with Crippen LogP contribution in [-0.2, 0) is 27.2 Å². The Morgan fingerprint density at radius 1 is 1.05 bits per heavy atom. The largest absolute Gasteiger partial charge is 0.508 e. The third-order valence-corrected chi connectivity index (χ3v) is 5.43. The van der Waals surface area contributed by atoms with E-state index in [0.29, 0.717) is 29.7 Å². The summed E-state index contributed by atoms with van der Waals surface area (Å²) >= 11 is 0. The van der Waals surface area contributed by atoms with Crippen LogP contribution in [0.4, 0.5) is 4.79 Å². The lowest BCUT2D eigenvalue weighted by Crippen LogP contribution is -2.55. The Kier molecular flexibility index (Phi) is 12.2. The zero-order valence-corrected chi connectivity index (χ0v) is 23.6. The smallest absolute Gasteiger partial charge is 0.408 e. The monoisotopic (exact) mass is 570 g/mol. The van der Waals surface area contributed by atoms with Gasteiger partial charge in [-0.3, -0.25) is 9.59 Å². The molecule has 222 valence electrons. The van der Waals surface area contributed by atoms with Gasteiger partial charge >= 0.3 is 6.09 Å². The number of nitrogens with zero attached hydrogens (tertiary/aromatic N) is 1. The summed E-state index contributed by atoms with van der Waals surface area (Å²) in [5.41, 5.74) is 3.26. The van der Waals surface area contributed by atoms with E-state index in [0.717, 1.165) is 0 Å². The van der Waals surface area contributed by atoms with Gasteiger partial charge in [0.15, 0.2) is 11.5 Å². The SMILES string of the molecule is C=CCc1cc(/C=N\NC(=O)[C@H](Cc2ccc(O)cc2)NC(=O)[C@H](CO)NC(=O)OC(C)(C)C)cc(OCC)c1O. The fourth-order valence-corrected chi connectivity index (χ4v) is 3.58. The number of rotatable bonds is 13. The van der Waals surface area contributed by atoms with Gasteiger partial charge in [-0.2, -0.15) is 5.10 Å². The number of aliphatic hydroxyl groups excluding tert-OH is 1. The van der Waals surface area contributed by atoms with Crippen molar-refractivity contribution in [3.05, 3.63) is 65.7 Å². The summed E-state index contributed by atoms with van der Waals surface area (Å²) < 4.78 is 10.6. The van der Waals surface area contributed by atoms with E-state index in [1.54, 1.807) is 58.0 Å². The van der Waals surface area contributed by atoms with Crippen molar-refractivity contribution in [3.63, 3.8) is 0 Å². The number of benzene rings is 2. The number of nitrogens with one attached hydrogen (secondary N) is 3. The normalized spacial score (nSPS) is 12.7. The molecule has 41 heavy (non-hydrogen) atoms. The summed E-state index contributed by atoms with van der Waals surface area (Å²) in [5.74, 6) is -1.24. The van der Waals surface area contributed by atoms with E-state index in [4.69, 9.17) is 9.47 Å². The number of aromatic hydroxyl groups is 2. The maximum absolute atomic E-state index is 13.1. The number of aliphatic hydroxyl groups is 1. The van der Waals surface area contributed by atoms with Crippen LogP contribution in [0.1, 0.15) is 44.4 Å². The van der Waals surface area contributed by atoms with Crippen LogP contribution >= 0.6 is 0 Å². The minimum atomic E-state index is -1.39. The first-order valence-electron chi connectivity index (χ1n) is 13.0. The molecule has 0 bridgehead atoms.